The summed E-state index contributed by atoms with van der Waals surface area (Å²) in [6.45, 7) is 0. The summed E-state index contributed by atoms with van der Waals surface area (Å²) in [7, 11) is 0. The van der Waals surface area contributed by atoms with Gasteiger partial charge in [0.05, 0.1) is 0 Å². The molecular weight excluding hydrogens is 156 g/mol. The number of hydrogen-bond donors (Lipinski definition) is 0. The van der Waals surface area contributed by atoms with Gasteiger partial charge in [-0.25, -0.2) is 0 Å². The molecule has 0 aromatic heterocycles. The summed E-state index contributed by atoms with van der Waals surface area (Å²) >= 11 is 5.52. The van der Waals surface area contributed by atoms with Crippen LogP contribution < -0.4 is 0 Å². The van der Waals surface area contributed by atoms with E-state index in [2.05, 4.69) is 24.3 Å². The van der Waals surface area contributed by atoms with Crippen molar-refractivity contribution in [1.29, 1.82) is 0 Å². The van der Waals surface area contributed by atoms with Crippen LogP contribution in [0.1, 0.15) is 12.0 Å². The van der Waals surface area contributed by atoms with Crippen LogP contribution >= 0.6 is 11.6 Å². The molecule has 0 bridgehead atoms. The van der Waals surface area contributed by atoms with Gasteiger partial charge in [0.15, 0.2) is 0 Å². The first-order chi connectivity index (χ1) is 5.43. The molecule has 0 nitrogen and oxygen atoms in total. The molecule has 0 aliphatic carbocycles. The standard InChI is InChI=1S/C10H11Cl/c11-9-5-4-8-10-6-2-1-3-7-10/h1-4,6-8H,5,9H2. The predicted octanol–water partition coefficient (Wildman–Crippen LogP) is 3.33. The minimum absolute atomic E-state index is 0.698. The maximum absolute atomic E-state index is 5.52. The molecule has 1 heteroatoms. The Morgan fingerprint density at radius 2 is 1.91 bits per heavy atom. The third-order valence-electron chi connectivity index (χ3n) is 1.39. The Bertz CT molecular complexity index is 214. The van der Waals surface area contributed by atoms with Crippen molar-refractivity contribution in [3.63, 3.8) is 0 Å². The SMILES string of the molecule is ClCCC=Cc1ccccc1. The summed E-state index contributed by atoms with van der Waals surface area (Å²) in [5, 5.41) is 0. The Morgan fingerprint density at radius 1 is 1.18 bits per heavy atom. The summed E-state index contributed by atoms with van der Waals surface area (Å²) in [5.41, 5.74) is 1.23. The summed E-state index contributed by atoms with van der Waals surface area (Å²) in [6.07, 6.45) is 5.11. The zero-order chi connectivity index (χ0) is 7.94. The van der Waals surface area contributed by atoms with Crippen molar-refractivity contribution in [2.24, 2.45) is 0 Å². The molecule has 0 aliphatic rings. The van der Waals surface area contributed by atoms with Gasteiger partial charge in [-0.2, -0.15) is 0 Å². The van der Waals surface area contributed by atoms with Gasteiger partial charge in [0.25, 0.3) is 0 Å². The second-order valence-corrected chi connectivity index (χ2v) is 2.67. The van der Waals surface area contributed by atoms with E-state index >= 15 is 0 Å². The molecule has 0 saturated carbocycles. The first-order valence-electron chi connectivity index (χ1n) is 3.71. The van der Waals surface area contributed by atoms with Gasteiger partial charge in [0.2, 0.25) is 0 Å². The molecule has 58 valence electrons. The maximum Gasteiger partial charge on any atom is 0.0258 e. The van der Waals surface area contributed by atoms with E-state index in [1.807, 2.05) is 18.2 Å². The molecule has 0 heterocycles. The zero-order valence-corrected chi connectivity index (χ0v) is 7.09. The van der Waals surface area contributed by atoms with Gasteiger partial charge >= 0.3 is 0 Å². The van der Waals surface area contributed by atoms with Crippen LogP contribution in [0, 0.1) is 0 Å². The highest BCUT2D eigenvalue weighted by molar-refractivity contribution is 6.17. The van der Waals surface area contributed by atoms with Crippen molar-refractivity contribution in [2.75, 3.05) is 5.88 Å². The lowest BCUT2D eigenvalue weighted by atomic mass is 10.2. The molecule has 0 amide bonds. The Labute approximate surface area is 72.5 Å². The van der Waals surface area contributed by atoms with E-state index in [9.17, 15) is 0 Å². The molecule has 0 spiro atoms. The topological polar surface area (TPSA) is 0 Å². The number of allylic oxidation sites excluding steroid dienone is 1. The number of rotatable bonds is 3. The third-order valence-corrected chi connectivity index (χ3v) is 1.60. The van der Waals surface area contributed by atoms with Crippen molar-refractivity contribution in [1.82, 2.24) is 0 Å². The molecule has 0 unspecified atom stereocenters. The highest BCUT2D eigenvalue weighted by Crippen LogP contribution is 2.01. The van der Waals surface area contributed by atoms with Crippen LogP contribution in [0.5, 0.6) is 0 Å². The van der Waals surface area contributed by atoms with Crippen LogP contribution in [-0.4, -0.2) is 5.88 Å². The van der Waals surface area contributed by atoms with E-state index in [0.717, 1.165) is 6.42 Å². The van der Waals surface area contributed by atoms with Gasteiger partial charge in [-0.15, -0.1) is 11.6 Å². The normalized spacial score (nSPS) is 10.6. The van der Waals surface area contributed by atoms with E-state index in [1.165, 1.54) is 5.56 Å². The van der Waals surface area contributed by atoms with Crippen LogP contribution in [0.25, 0.3) is 6.08 Å². The summed E-state index contributed by atoms with van der Waals surface area (Å²) in [6, 6.07) is 10.2. The fourth-order valence-corrected chi connectivity index (χ4v) is 0.973. The molecule has 0 saturated heterocycles. The van der Waals surface area contributed by atoms with E-state index in [1.54, 1.807) is 0 Å². The monoisotopic (exact) mass is 166 g/mol. The second kappa shape index (κ2) is 4.97. The predicted molar refractivity (Wildman–Crippen MR) is 50.8 cm³/mol. The Hall–Kier alpha value is -0.750. The quantitative estimate of drug-likeness (QED) is 0.605. The minimum Gasteiger partial charge on any atom is -0.126 e. The van der Waals surface area contributed by atoms with E-state index in [0.29, 0.717) is 5.88 Å². The fourth-order valence-electron chi connectivity index (χ4n) is 0.847. The van der Waals surface area contributed by atoms with Crippen LogP contribution in [0.3, 0.4) is 0 Å². The van der Waals surface area contributed by atoms with Crippen molar-refractivity contribution in [3.8, 4) is 0 Å². The van der Waals surface area contributed by atoms with Gasteiger partial charge < -0.3 is 0 Å². The molecule has 1 aromatic rings. The molecule has 1 rings (SSSR count). The first-order valence-corrected chi connectivity index (χ1v) is 4.24. The fraction of sp³-hybridized carbons (Fsp3) is 0.200. The van der Waals surface area contributed by atoms with E-state index in [4.69, 9.17) is 11.6 Å². The average Bonchev–Trinajstić information content (AvgIpc) is 2.07. The molecule has 0 atom stereocenters. The Morgan fingerprint density at radius 3 is 2.55 bits per heavy atom. The van der Waals surface area contributed by atoms with Crippen molar-refractivity contribution in [2.45, 2.75) is 6.42 Å². The summed E-state index contributed by atoms with van der Waals surface area (Å²) in [5.74, 6) is 0.698. The number of halogens is 1. The summed E-state index contributed by atoms with van der Waals surface area (Å²) in [4.78, 5) is 0. The maximum atomic E-state index is 5.52. The molecule has 0 N–H and O–H groups in total. The number of hydrogen-bond acceptors (Lipinski definition) is 0. The lowest BCUT2D eigenvalue weighted by molar-refractivity contribution is 1.24. The lowest BCUT2D eigenvalue weighted by Crippen LogP contribution is -1.69. The van der Waals surface area contributed by atoms with Gasteiger partial charge in [0.1, 0.15) is 0 Å². The molecular formula is C10H11Cl. The largest absolute Gasteiger partial charge is 0.126 e. The van der Waals surface area contributed by atoms with Crippen molar-refractivity contribution >= 4 is 17.7 Å². The zero-order valence-electron chi connectivity index (χ0n) is 6.33. The van der Waals surface area contributed by atoms with Gasteiger partial charge in [-0.3, -0.25) is 0 Å². The van der Waals surface area contributed by atoms with Crippen LogP contribution in [0.15, 0.2) is 36.4 Å². The second-order valence-electron chi connectivity index (χ2n) is 2.29. The van der Waals surface area contributed by atoms with Gasteiger partial charge in [0, 0.05) is 5.88 Å². The molecule has 0 fully saturated rings. The Kier molecular flexibility index (Phi) is 3.77. The first kappa shape index (κ1) is 8.35. The van der Waals surface area contributed by atoms with Crippen molar-refractivity contribution in [3.05, 3.63) is 42.0 Å². The smallest absolute Gasteiger partial charge is 0.0258 e. The third kappa shape index (κ3) is 3.24. The van der Waals surface area contributed by atoms with E-state index in [-0.39, 0.29) is 0 Å². The highest BCUT2D eigenvalue weighted by Gasteiger charge is 1.80. The van der Waals surface area contributed by atoms with Gasteiger partial charge in [-0.1, -0.05) is 42.5 Å². The molecule has 0 radical (unpaired) electrons. The number of alkyl halides is 1. The van der Waals surface area contributed by atoms with Crippen LogP contribution in [0.4, 0.5) is 0 Å². The lowest BCUT2D eigenvalue weighted by Gasteiger charge is -1.89. The minimum atomic E-state index is 0.698. The van der Waals surface area contributed by atoms with Crippen LogP contribution in [0.2, 0.25) is 0 Å². The van der Waals surface area contributed by atoms with Gasteiger partial charge in [-0.05, 0) is 12.0 Å². The summed E-state index contributed by atoms with van der Waals surface area (Å²) < 4.78 is 0. The van der Waals surface area contributed by atoms with Crippen molar-refractivity contribution < 1.29 is 0 Å². The Balaban J connectivity index is 2.50. The molecule has 1 aromatic carbocycles. The molecule has 0 aliphatic heterocycles. The highest BCUT2D eigenvalue weighted by atomic mass is 35.5. The average molecular weight is 167 g/mol. The van der Waals surface area contributed by atoms with Crippen LogP contribution in [-0.2, 0) is 0 Å². The van der Waals surface area contributed by atoms with E-state index < -0.39 is 0 Å². The number of benzene rings is 1. The molecule has 11 heavy (non-hydrogen) atoms.